The highest BCUT2D eigenvalue weighted by molar-refractivity contribution is 8.23. The molecule has 0 aliphatic carbocycles. The molecule has 0 fully saturated rings. The summed E-state index contributed by atoms with van der Waals surface area (Å²) in [5, 5.41) is 2.73. The summed E-state index contributed by atoms with van der Waals surface area (Å²) in [5.41, 5.74) is 0.551. The third-order valence-corrected chi connectivity index (χ3v) is 6.97. The molecule has 0 aliphatic rings. The Morgan fingerprint density at radius 2 is 1.71 bits per heavy atom. The van der Waals surface area contributed by atoms with Gasteiger partial charge < -0.3 is 10.2 Å². The maximum absolute atomic E-state index is 12.4. The minimum atomic E-state index is -3.48. The monoisotopic (exact) mass is 389 g/mol. The first-order valence-corrected chi connectivity index (χ1v) is 10.3. The molecule has 0 atom stereocenters. The van der Waals surface area contributed by atoms with Crippen molar-refractivity contribution in [3.63, 3.8) is 0 Å². The highest BCUT2D eigenvalue weighted by Crippen LogP contribution is 2.18. The van der Waals surface area contributed by atoms with Crippen molar-refractivity contribution < 1.29 is 13.2 Å². The number of carbonyl (C=O) groups excluding carboxylic acids is 1. The first kappa shape index (κ1) is 20.9. The van der Waals surface area contributed by atoms with Gasteiger partial charge in [-0.15, -0.1) is 0 Å². The number of nitrogens with one attached hydrogen (secondary N) is 1. The second kappa shape index (κ2) is 9.36. The fourth-order valence-corrected chi connectivity index (χ4v) is 4.10. The van der Waals surface area contributed by atoms with Gasteiger partial charge in [-0.25, -0.2) is 8.42 Å². The molecule has 9 heteroatoms. The molecule has 1 amide bonds. The maximum atomic E-state index is 12.4. The van der Waals surface area contributed by atoms with E-state index in [0.717, 1.165) is 0 Å². The summed E-state index contributed by atoms with van der Waals surface area (Å²) in [7, 11) is 0.160. The van der Waals surface area contributed by atoms with E-state index in [1.807, 2.05) is 14.1 Å². The average Bonchev–Trinajstić information content (AvgIpc) is 2.53. The van der Waals surface area contributed by atoms with Crippen LogP contribution in [0.15, 0.2) is 29.2 Å². The molecule has 1 rings (SSSR count). The predicted octanol–water partition coefficient (Wildman–Crippen LogP) is 2.24. The van der Waals surface area contributed by atoms with Crippen LogP contribution in [0.3, 0.4) is 0 Å². The van der Waals surface area contributed by atoms with E-state index in [2.05, 4.69) is 5.32 Å². The van der Waals surface area contributed by atoms with Crippen molar-refractivity contribution >= 4 is 49.9 Å². The summed E-state index contributed by atoms with van der Waals surface area (Å²) >= 11 is 6.38. The van der Waals surface area contributed by atoms with Crippen molar-refractivity contribution in [1.29, 1.82) is 0 Å². The van der Waals surface area contributed by atoms with Gasteiger partial charge in [0, 0.05) is 32.9 Å². The number of thioether (sulfide) groups is 1. The zero-order valence-electron chi connectivity index (χ0n) is 14.3. The molecule has 1 aromatic rings. The van der Waals surface area contributed by atoms with E-state index in [4.69, 9.17) is 12.2 Å². The SMILES string of the molecule is CCN(CC)S(=O)(=O)c1ccc(NC(=O)CSC(=S)N(C)C)cc1. The Balaban J connectivity index is 2.71. The van der Waals surface area contributed by atoms with Crippen molar-refractivity contribution in [2.24, 2.45) is 0 Å². The summed E-state index contributed by atoms with van der Waals surface area (Å²) in [6.07, 6.45) is 0. The molecule has 1 N–H and O–H groups in total. The number of amides is 1. The van der Waals surface area contributed by atoms with Crippen LogP contribution < -0.4 is 5.32 Å². The van der Waals surface area contributed by atoms with E-state index in [1.165, 1.54) is 28.2 Å². The zero-order valence-corrected chi connectivity index (χ0v) is 16.7. The Labute approximate surface area is 153 Å². The lowest BCUT2D eigenvalue weighted by Gasteiger charge is -2.18. The number of benzene rings is 1. The molecule has 134 valence electrons. The zero-order chi connectivity index (χ0) is 18.3. The lowest BCUT2D eigenvalue weighted by atomic mass is 10.3. The number of hydrogen-bond donors (Lipinski definition) is 1. The van der Waals surface area contributed by atoms with Crippen LogP contribution >= 0.6 is 24.0 Å². The number of anilines is 1. The molecule has 0 saturated heterocycles. The third kappa shape index (κ3) is 5.73. The van der Waals surface area contributed by atoms with Crippen LogP contribution in [0.2, 0.25) is 0 Å². The first-order chi connectivity index (χ1) is 11.2. The second-order valence-corrected chi connectivity index (χ2v) is 8.66. The lowest BCUT2D eigenvalue weighted by Crippen LogP contribution is -2.30. The highest BCUT2D eigenvalue weighted by Gasteiger charge is 2.21. The minimum Gasteiger partial charge on any atom is -0.364 e. The van der Waals surface area contributed by atoms with E-state index >= 15 is 0 Å². The Morgan fingerprint density at radius 1 is 1.17 bits per heavy atom. The van der Waals surface area contributed by atoms with E-state index in [-0.39, 0.29) is 16.6 Å². The summed E-state index contributed by atoms with van der Waals surface area (Å²) in [4.78, 5) is 13.9. The molecular weight excluding hydrogens is 366 g/mol. The molecule has 0 radical (unpaired) electrons. The smallest absolute Gasteiger partial charge is 0.243 e. The van der Waals surface area contributed by atoms with Gasteiger partial charge in [-0.1, -0.05) is 37.8 Å². The number of rotatable bonds is 7. The van der Waals surface area contributed by atoms with Crippen molar-refractivity contribution in [1.82, 2.24) is 9.21 Å². The summed E-state index contributed by atoms with van der Waals surface area (Å²) in [5.74, 6) is 0.0137. The lowest BCUT2D eigenvalue weighted by molar-refractivity contribution is -0.113. The van der Waals surface area contributed by atoms with E-state index in [0.29, 0.717) is 23.1 Å². The normalized spacial score (nSPS) is 11.4. The van der Waals surface area contributed by atoms with Gasteiger partial charge in [0.25, 0.3) is 0 Å². The standard InChI is InChI=1S/C15H23N3O3S3/c1-5-18(6-2)24(20,21)13-9-7-12(8-10-13)16-14(19)11-23-15(22)17(3)4/h7-10H,5-6,11H2,1-4H3,(H,16,19). The molecule has 0 spiro atoms. The van der Waals surface area contributed by atoms with Crippen LogP contribution in [0.1, 0.15) is 13.8 Å². The fourth-order valence-electron chi connectivity index (χ4n) is 1.88. The first-order valence-electron chi connectivity index (χ1n) is 7.46. The van der Waals surface area contributed by atoms with Crippen LogP contribution in [-0.2, 0) is 14.8 Å². The Bertz CT molecular complexity index is 669. The molecule has 0 saturated carbocycles. The largest absolute Gasteiger partial charge is 0.364 e. The van der Waals surface area contributed by atoms with Crippen molar-refractivity contribution in [2.45, 2.75) is 18.7 Å². The Kier molecular flexibility index (Phi) is 8.14. The molecule has 1 aromatic carbocycles. The van der Waals surface area contributed by atoms with Crippen molar-refractivity contribution in [2.75, 3.05) is 38.3 Å². The predicted molar refractivity (Wildman–Crippen MR) is 104 cm³/mol. The quantitative estimate of drug-likeness (QED) is 0.721. The summed E-state index contributed by atoms with van der Waals surface area (Å²) in [6, 6.07) is 6.17. The topological polar surface area (TPSA) is 69.7 Å². The van der Waals surface area contributed by atoms with Gasteiger partial charge >= 0.3 is 0 Å². The van der Waals surface area contributed by atoms with E-state index in [9.17, 15) is 13.2 Å². The summed E-state index contributed by atoms with van der Waals surface area (Å²) < 4.78 is 26.8. The molecule has 24 heavy (non-hydrogen) atoms. The van der Waals surface area contributed by atoms with Crippen LogP contribution in [0, 0.1) is 0 Å². The van der Waals surface area contributed by atoms with Gasteiger partial charge in [0.15, 0.2) is 0 Å². The van der Waals surface area contributed by atoms with Gasteiger partial charge in [0.2, 0.25) is 15.9 Å². The number of thiocarbonyl (C=S) groups is 1. The Hall–Kier alpha value is -1.16. The molecule has 6 nitrogen and oxygen atoms in total. The van der Waals surface area contributed by atoms with Gasteiger partial charge in [0.05, 0.1) is 10.6 Å². The molecule has 0 unspecified atom stereocenters. The molecule has 0 aromatic heterocycles. The van der Waals surface area contributed by atoms with Crippen molar-refractivity contribution in [3.8, 4) is 0 Å². The summed E-state index contributed by atoms with van der Waals surface area (Å²) in [6.45, 7) is 4.43. The Morgan fingerprint density at radius 3 is 2.17 bits per heavy atom. The van der Waals surface area contributed by atoms with Crippen LogP contribution in [0.4, 0.5) is 5.69 Å². The second-order valence-electron chi connectivity index (χ2n) is 5.11. The van der Waals surface area contributed by atoms with Crippen molar-refractivity contribution in [3.05, 3.63) is 24.3 Å². The molecular formula is C15H23N3O3S3. The number of carbonyl (C=O) groups is 1. The van der Waals surface area contributed by atoms with Gasteiger partial charge in [-0.05, 0) is 24.3 Å². The van der Waals surface area contributed by atoms with Gasteiger partial charge in [-0.2, -0.15) is 4.31 Å². The molecule has 0 bridgehead atoms. The maximum Gasteiger partial charge on any atom is 0.243 e. The number of nitrogens with zero attached hydrogens (tertiary/aromatic N) is 2. The highest BCUT2D eigenvalue weighted by atomic mass is 32.2. The average molecular weight is 390 g/mol. The number of hydrogen-bond acceptors (Lipinski definition) is 5. The van der Waals surface area contributed by atoms with Crippen LogP contribution in [-0.4, -0.2) is 60.8 Å². The third-order valence-electron chi connectivity index (χ3n) is 3.17. The molecule has 0 heterocycles. The minimum absolute atomic E-state index is 0.191. The molecule has 0 aliphatic heterocycles. The number of sulfonamides is 1. The van der Waals surface area contributed by atoms with Gasteiger partial charge in [0.1, 0.15) is 4.32 Å². The van der Waals surface area contributed by atoms with E-state index < -0.39 is 10.0 Å². The van der Waals surface area contributed by atoms with E-state index in [1.54, 1.807) is 30.9 Å². The van der Waals surface area contributed by atoms with Gasteiger partial charge in [-0.3, -0.25) is 4.79 Å². The van der Waals surface area contributed by atoms with Crippen LogP contribution in [0.25, 0.3) is 0 Å². The van der Waals surface area contributed by atoms with Crippen LogP contribution in [0.5, 0.6) is 0 Å². The fraction of sp³-hybridized carbons (Fsp3) is 0.467.